The number of rotatable bonds is 4. The van der Waals surface area contributed by atoms with Crippen LogP contribution in [-0.2, 0) is 0 Å². The van der Waals surface area contributed by atoms with Gasteiger partial charge in [0.05, 0.1) is 24.5 Å². The van der Waals surface area contributed by atoms with Crippen molar-refractivity contribution in [2.75, 3.05) is 11.9 Å². The Morgan fingerprint density at radius 3 is 2.88 bits per heavy atom. The van der Waals surface area contributed by atoms with Crippen LogP contribution in [0, 0.1) is 0 Å². The first-order valence-corrected chi connectivity index (χ1v) is 5.95. The molecule has 0 saturated heterocycles. The number of nitrogens with one attached hydrogen (secondary N) is 1. The average Bonchev–Trinajstić information content (AvgIpc) is 2.19. The minimum atomic E-state index is -0.166. The van der Waals surface area contributed by atoms with E-state index in [1.54, 1.807) is 6.20 Å². The van der Waals surface area contributed by atoms with Crippen LogP contribution in [0.3, 0.4) is 0 Å². The Morgan fingerprint density at radius 1 is 1.75 bits per heavy atom. The highest BCUT2D eigenvalue weighted by Gasteiger charge is 2.10. The van der Waals surface area contributed by atoms with Crippen molar-refractivity contribution >= 4 is 33.2 Å². The van der Waals surface area contributed by atoms with E-state index >= 15 is 0 Å². The molecule has 0 atom stereocenters. The Bertz CT molecular complexity index is 456. The van der Waals surface area contributed by atoms with Crippen molar-refractivity contribution in [3.05, 3.63) is 32.6 Å². The molecule has 0 aliphatic carbocycles. The third-order valence-electron chi connectivity index (χ3n) is 1.90. The zero-order valence-electron chi connectivity index (χ0n) is 9.13. The molecule has 0 spiro atoms. The van der Waals surface area contributed by atoms with Crippen molar-refractivity contribution < 1.29 is 0 Å². The second-order valence-electron chi connectivity index (χ2n) is 3.59. The van der Waals surface area contributed by atoms with Crippen LogP contribution in [0.2, 0.25) is 0 Å². The van der Waals surface area contributed by atoms with Crippen LogP contribution in [0.1, 0.15) is 19.9 Å². The molecular formula is C10H13BrClN3O. The molecule has 4 nitrogen and oxygen atoms in total. The molecule has 0 bridgehead atoms. The molecule has 0 radical (unpaired) electrons. The first kappa shape index (κ1) is 13.3. The largest absolute Gasteiger partial charge is 0.378 e. The Morgan fingerprint density at radius 2 is 2.38 bits per heavy atom. The third-order valence-corrected chi connectivity index (χ3v) is 2.80. The van der Waals surface area contributed by atoms with Crippen molar-refractivity contribution in [3.63, 3.8) is 0 Å². The molecule has 88 valence electrons. The van der Waals surface area contributed by atoms with Gasteiger partial charge in [0.2, 0.25) is 0 Å². The lowest BCUT2D eigenvalue weighted by Gasteiger charge is -2.11. The molecule has 1 heterocycles. The van der Waals surface area contributed by atoms with E-state index in [2.05, 4.69) is 32.9 Å². The van der Waals surface area contributed by atoms with Crippen molar-refractivity contribution in [2.24, 2.45) is 0 Å². The van der Waals surface area contributed by atoms with Crippen LogP contribution >= 0.6 is 27.5 Å². The Labute approximate surface area is 107 Å². The lowest BCUT2D eigenvalue weighted by atomic mass is 10.4. The van der Waals surface area contributed by atoms with E-state index in [0.29, 0.717) is 21.7 Å². The van der Waals surface area contributed by atoms with Gasteiger partial charge in [0, 0.05) is 5.03 Å². The summed E-state index contributed by atoms with van der Waals surface area (Å²) < 4.78 is 1.86. The molecule has 0 aliphatic heterocycles. The van der Waals surface area contributed by atoms with E-state index in [9.17, 15) is 4.79 Å². The Balaban J connectivity index is 3.03. The van der Waals surface area contributed by atoms with E-state index in [4.69, 9.17) is 11.6 Å². The van der Waals surface area contributed by atoms with Gasteiger partial charge in [-0.1, -0.05) is 18.2 Å². The van der Waals surface area contributed by atoms with Gasteiger partial charge in [0.15, 0.2) is 0 Å². The standard InChI is InChI=1S/C10H13BrClN3O/c1-6(2)15-10(16)9(11)8(5-14-15)13-4-7(3)12/h5-6,13H,3-4H2,1-2H3. The summed E-state index contributed by atoms with van der Waals surface area (Å²) in [6.45, 7) is 7.74. The third kappa shape index (κ3) is 3.09. The molecule has 0 amide bonds. The summed E-state index contributed by atoms with van der Waals surface area (Å²) in [6, 6.07) is 0.0286. The van der Waals surface area contributed by atoms with E-state index in [1.165, 1.54) is 4.68 Å². The number of halogens is 2. The zero-order valence-corrected chi connectivity index (χ0v) is 11.5. The number of aromatic nitrogens is 2. The van der Waals surface area contributed by atoms with Crippen LogP contribution in [0.4, 0.5) is 5.69 Å². The van der Waals surface area contributed by atoms with E-state index in [0.717, 1.165) is 0 Å². The minimum absolute atomic E-state index is 0.0286. The molecular weight excluding hydrogens is 293 g/mol. The second kappa shape index (κ2) is 5.50. The summed E-state index contributed by atoms with van der Waals surface area (Å²) in [6.07, 6.45) is 1.59. The molecule has 16 heavy (non-hydrogen) atoms. The van der Waals surface area contributed by atoms with Gasteiger partial charge in [-0.05, 0) is 29.8 Å². The first-order valence-electron chi connectivity index (χ1n) is 4.78. The highest BCUT2D eigenvalue weighted by Crippen LogP contribution is 2.17. The van der Waals surface area contributed by atoms with Crippen molar-refractivity contribution in [3.8, 4) is 0 Å². The molecule has 0 aromatic carbocycles. The minimum Gasteiger partial charge on any atom is -0.378 e. The normalized spacial score (nSPS) is 10.6. The van der Waals surface area contributed by atoms with Gasteiger partial charge in [0.1, 0.15) is 4.47 Å². The lowest BCUT2D eigenvalue weighted by molar-refractivity contribution is 0.501. The highest BCUT2D eigenvalue weighted by atomic mass is 79.9. The summed E-state index contributed by atoms with van der Waals surface area (Å²) in [5.74, 6) is 0. The van der Waals surface area contributed by atoms with E-state index in [-0.39, 0.29) is 11.6 Å². The summed E-state index contributed by atoms with van der Waals surface area (Å²) in [5.41, 5.74) is 0.448. The Kier molecular flexibility index (Phi) is 4.56. The lowest BCUT2D eigenvalue weighted by Crippen LogP contribution is -2.26. The Hall–Kier alpha value is -0.810. The van der Waals surface area contributed by atoms with Gasteiger partial charge in [0.25, 0.3) is 5.56 Å². The van der Waals surface area contributed by atoms with Crippen LogP contribution in [0.25, 0.3) is 0 Å². The second-order valence-corrected chi connectivity index (χ2v) is 4.91. The summed E-state index contributed by atoms with van der Waals surface area (Å²) in [7, 11) is 0. The highest BCUT2D eigenvalue weighted by molar-refractivity contribution is 9.10. The quantitative estimate of drug-likeness (QED) is 0.930. The fourth-order valence-electron chi connectivity index (χ4n) is 1.13. The maximum Gasteiger partial charge on any atom is 0.283 e. The predicted octanol–water partition coefficient (Wildman–Crippen LogP) is 2.75. The van der Waals surface area contributed by atoms with Crippen molar-refractivity contribution in [1.29, 1.82) is 0 Å². The zero-order chi connectivity index (χ0) is 12.3. The number of nitrogens with zero attached hydrogens (tertiary/aromatic N) is 2. The molecule has 1 N–H and O–H groups in total. The van der Waals surface area contributed by atoms with Crippen LogP contribution < -0.4 is 10.9 Å². The van der Waals surface area contributed by atoms with E-state index in [1.807, 2.05) is 13.8 Å². The summed E-state index contributed by atoms with van der Waals surface area (Å²) in [4.78, 5) is 11.8. The molecule has 6 heteroatoms. The number of anilines is 1. The average molecular weight is 307 g/mol. The molecule has 1 rings (SSSR count). The molecule has 0 saturated carbocycles. The van der Waals surface area contributed by atoms with Gasteiger partial charge in [-0.15, -0.1) is 0 Å². The van der Waals surface area contributed by atoms with Crippen molar-refractivity contribution in [2.45, 2.75) is 19.9 Å². The number of hydrogen-bond acceptors (Lipinski definition) is 3. The fraction of sp³-hybridized carbons (Fsp3) is 0.400. The summed E-state index contributed by atoms with van der Waals surface area (Å²) in [5, 5.41) is 7.49. The molecule has 0 aliphatic rings. The van der Waals surface area contributed by atoms with Crippen LogP contribution in [0.15, 0.2) is 27.1 Å². The molecule has 0 fully saturated rings. The van der Waals surface area contributed by atoms with Gasteiger partial charge >= 0.3 is 0 Å². The van der Waals surface area contributed by atoms with Gasteiger partial charge in [-0.2, -0.15) is 5.10 Å². The summed E-state index contributed by atoms with van der Waals surface area (Å²) >= 11 is 8.87. The maximum absolute atomic E-state index is 11.8. The van der Waals surface area contributed by atoms with Gasteiger partial charge in [-0.3, -0.25) is 4.79 Å². The smallest absolute Gasteiger partial charge is 0.283 e. The first-order chi connectivity index (χ1) is 7.43. The van der Waals surface area contributed by atoms with Crippen LogP contribution in [0.5, 0.6) is 0 Å². The van der Waals surface area contributed by atoms with Gasteiger partial charge in [-0.25, -0.2) is 4.68 Å². The van der Waals surface area contributed by atoms with Crippen molar-refractivity contribution in [1.82, 2.24) is 9.78 Å². The predicted molar refractivity (Wildman–Crippen MR) is 70.1 cm³/mol. The van der Waals surface area contributed by atoms with Gasteiger partial charge < -0.3 is 5.32 Å². The molecule has 1 aromatic rings. The molecule has 0 unspecified atom stereocenters. The SMILES string of the molecule is C=C(Cl)CNc1cnn(C(C)C)c(=O)c1Br. The topological polar surface area (TPSA) is 46.9 Å². The number of hydrogen-bond donors (Lipinski definition) is 1. The molecule has 1 aromatic heterocycles. The maximum atomic E-state index is 11.8. The fourth-order valence-corrected chi connectivity index (χ4v) is 1.62. The van der Waals surface area contributed by atoms with E-state index < -0.39 is 0 Å². The van der Waals surface area contributed by atoms with Crippen LogP contribution in [-0.4, -0.2) is 16.3 Å². The monoisotopic (exact) mass is 305 g/mol.